The number of carbonyl (C=O) groups excluding carboxylic acids is 2. The molecule has 1 fully saturated rings. The molecule has 4 N–H and O–H groups in total. The summed E-state index contributed by atoms with van der Waals surface area (Å²) in [6.07, 6.45) is -2.95. The Morgan fingerprint density at radius 3 is 2.00 bits per heavy atom. The predicted molar refractivity (Wildman–Crippen MR) is 57.8 cm³/mol. The number of carbonyl (C=O) groups is 2. The molecule has 7 heteroatoms. The number of aliphatic hydroxyl groups excluding tert-OH is 2. The molecule has 0 aliphatic carbocycles. The number of rotatable bonds is 2. The molecule has 7 nitrogen and oxygen atoms in total. The lowest BCUT2D eigenvalue weighted by Gasteiger charge is -2.42. The number of aliphatic hydroxyl groups is 2. The summed E-state index contributed by atoms with van der Waals surface area (Å²) < 4.78 is 5.15. The zero-order valence-corrected chi connectivity index (χ0v) is 10.0. The Labute approximate surface area is 99.1 Å². The largest absolute Gasteiger partial charge is 0.389 e. The molecule has 0 aromatic carbocycles. The van der Waals surface area contributed by atoms with Gasteiger partial charge < -0.3 is 25.6 Å². The van der Waals surface area contributed by atoms with Crippen LogP contribution in [0.2, 0.25) is 0 Å². The van der Waals surface area contributed by atoms with Crippen molar-refractivity contribution in [2.75, 3.05) is 0 Å². The Kier molecular flexibility index (Phi) is 4.44. The second kappa shape index (κ2) is 5.44. The molecule has 1 rings (SSSR count). The summed E-state index contributed by atoms with van der Waals surface area (Å²) in [6.45, 7) is 4.21. The van der Waals surface area contributed by atoms with Gasteiger partial charge in [0.05, 0.1) is 12.1 Å². The zero-order chi connectivity index (χ0) is 13.2. The van der Waals surface area contributed by atoms with E-state index in [0.717, 1.165) is 0 Å². The van der Waals surface area contributed by atoms with Crippen LogP contribution in [0, 0.1) is 0 Å². The maximum absolute atomic E-state index is 11.0. The highest BCUT2D eigenvalue weighted by Gasteiger charge is 2.43. The lowest BCUT2D eigenvalue weighted by atomic mass is 9.95. The monoisotopic (exact) mass is 246 g/mol. The first kappa shape index (κ1) is 13.9. The molecule has 0 spiro atoms. The highest BCUT2D eigenvalue weighted by atomic mass is 16.6. The van der Waals surface area contributed by atoms with Crippen LogP contribution in [0.1, 0.15) is 20.8 Å². The van der Waals surface area contributed by atoms with Crippen LogP contribution in [-0.2, 0) is 14.3 Å². The molecule has 1 aliphatic rings. The summed E-state index contributed by atoms with van der Waals surface area (Å²) in [4.78, 5) is 21.9. The Bertz CT molecular complexity index is 281. The van der Waals surface area contributed by atoms with Crippen molar-refractivity contribution in [3.8, 4) is 0 Å². The first-order valence-corrected chi connectivity index (χ1v) is 5.38. The van der Waals surface area contributed by atoms with Crippen molar-refractivity contribution in [2.45, 2.75) is 51.4 Å². The van der Waals surface area contributed by atoms with Gasteiger partial charge in [0.1, 0.15) is 12.1 Å². The molecule has 0 aromatic rings. The van der Waals surface area contributed by atoms with Gasteiger partial charge in [-0.1, -0.05) is 0 Å². The van der Waals surface area contributed by atoms with Gasteiger partial charge in [0.15, 0.2) is 6.29 Å². The van der Waals surface area contributed by atoms with E-state index in [2.05, 4.69) is 10.6 Å². The normalized spacial score (nSPS) is 37.4. The molecule has 0 bridgehead atoms. The minimum absolute atomic E-state index is 0.317. The minimum atomic E-state index is -1.30. The van der Waals surface area contributed by atoms with Crippen molar-refractivity contribution in [1.82, 2.24) is 10.6 Å². The van der Waals surface area contributed by atoms with Crippen LogP contribution in [0.25, 0.3) is 0 Å². The molecule has 5 atom stereocenters. The van der Waals surface area contributed by atoms with Crippen LogP contribution < -0.4 is 10.6 Å². The van der Waals surface area contributed by atoms with Gasteiger partial charge in [-0.15, -0.1) is 0 Å². The van der Waals surface area contributed by atoms with Crippen molar-refractivity contribution < 1.29 is 24.5 Å². The molecule has 98 valence electrons. The molecular weight excluding hydrogens is 228 g/mol. The first-order valence-electron chi connectivity index (χ1n) is 5.38. The molecule has 1 unspecified atom stereocenters. The minimum Gasteiger partial charge on any atom is -0.389 e. The van der Waals surface area contributed by atoms with E-state index in [-0.39, 0.29) is 5.91 Å². The molecule has 1 aliphatic heterocycles. The molecular formula is C10H18N2O5. The van der Waals surface area contributed by atoms with Gasteiger partial charge in [-0.3, -0.25) is 9.59 Å². The average molecular weight is 246 g/mol. The lowest BCUT2D eigenvalue weighted by molar-refractivity contribution is -0.214. The van der Waals surface area contributed by atoms with E-state index in [0.29, 0.717) is 0 Å². The summed E-state index contributed by atoms with van der Waals surface area (Å²) >= 11 is 0. The standard InChI is InChI=1S/C10H18N2O5/c1-4-7(11-5(2)13)9(15)8(10(16)17-4)12-6(3)14/h4,7-10,15-16H,1-3H3,(H,11,13)(H,12,14)/t4-,7-,8-,9-,10?/m0/s1. The number of ether oxygens (including phenoxy) is 1. The van der Waals surface area contributed by atoms with Gasteiger partial charge in [-0.25, -0.2) is 0 Å². The molecule has 2 amide bonds. The van der Waals surface area contributed by atoms with Gasteiger partial charge in [-0.05, 0) is 6.92 Å². The maximum atomic E-state index is 11.0. The van der Waals surface area contributed by atoms with Gasteiger partial charge in [0.25, 0.3) is 0 Å². The summed E-state index contributed by atoms with van der Waals surface area (Å²) in [5.41, 5.74) is 0. The zero-order valence-electron chi connectivity index (χ0n) is 10.0. The van der Waals surface area contributed by atoms with Gasteiger partial charge in [0, 0.05) is 13.8 Å². The van der Waals surface area contributed by atoms with E-state index < -0.39 is 36.5 Å². The Hall–Kier alpha value is -1.18. The van der Waals surface area contributed by atoms with Crippen LogP contribution in [0.3, 0.4) is 0 Å². The molecule has 0 aromatic heterocycles. The van der Waals surface area contributed by atoms with E-state index in [1.807, 2.05) is 0 Å². The van der Waals surface area contributed by atoms with Crippen molar-refractivity contribution >= 4 is 11.8 Å². The Morgan fingerprint density at radius 1 is 1.06 bits per heavy atom. The van der Waals surface area contributed by atoms with Crippen LogP contribution in [0.15, 0.2) is 0 Å². The maximum Gasteiger partial charge on any atom is 0.217 e. The van der Waals surface area contributed by atoms with E-state index in [1.54, 1.807) is 6.92 Å². The molecule has 0 radical (unpaired) electrons. The average Bonchev–Trinajstić information content (AvgIpc) is 2.18. The van der Waals surface area contributed by atoms with Crippen molar-refractivity contribution in [2.24, 2.45) is 0 Å². The molecule has 0 saturated carbocycles. The number of nitrogens with one attached hydrogen (secondary N) is 2. The predicted octanol–water partition coefficient (Wildman–Crippen LogP) is -1.91. The van der Waals surface area contributed by atoms with Crippen LogP contribution in [-0.4, -0.2) is 52.6 Å². The fourth-order valence-corrected chi connectivity index (χ4v) is 1.89. The number of amides is 2. The quantitative estimate of drug-likeness (QED) is 0.455. The second-order valence-electron chi connectivity index (χ2n) is 4.17. The summed E-state index contributed by atoms with van der Waals surface area (Å²) in [5.74, 6) is -0.713. The number of hydrogen-bond donors (Lipinski definition) is 4. The van der Waals surface area contributed by atoms with Crippen LogP contribution >= 0.6 is 0 Å². The number of hydrogen-bond acceptors (Lipinski definition) is 5. The Balaban J connectivity index is 2.78. The molecule has 1 heterocycles. The molecule has 17 heavy (non-hydrogen) atoms. The summed E-state index contributed by atoms with van der Waals surface area (Å²) in [5, 5.41) is 24.5. The highest BCUT2D eigenvalue weighted by Crippen LogP contribution is 2.19. The fraction of sp³-hybridized carbons (Fsp3) is 0.800. The first-order chi connectivity index (χ1) is 7.82. The van der Waals surface area contributed by atoms with E-state index in [1.165, 1.54) is 13.8 Å². The second-order valence-corrected chi connectivity index (χ2v) is 4.17. The van der Waals surface area contributed by atoms with E-state index in [9.17, 15) is 19.8 Å². The topological polar surface area (TPSA) is 108 Å². The summed E-state index contributed by atoms with van der Waals surface area (Å²) in [7, 11) is 0. The lowest BCUT2D eigenvalue weighted by Crippen LogP contribution is -2.66. The van der Waals surface area contributed by atoms with Crippen LogP contribution in [0.4, 0.5) is 0 Å². The van der Waals surface area contributed by atoms with Crippen LogP contribution in [0.5, 0.6) is 0 Å². The van der Waals surface area contributed by atoms with Gasteiger partial charge in [-0.2, -0.15) is 0 Å². The third-order valence-corrected chi connectivity index (χ3v) is 2.64. The van der Waals surface area contributed by atoms with Gasteiger partial charge in [0.2, 0.25) is 11.8 Å². The summed E-state index contributed by atoms with van der Waals surface area (Å²) in [6, 6.07) is -1.63. The van der Waals surface area contributed by atoms with Crippen molar-refractivity contribution in [1.29, 1.82) is 0 Å². The highest BCUT2D eigenvalue weighted by molar-refractivity contribution is 5.74. The van der Waals surface area contributed by atoms with Crippen molar-refractivity contribution in [3.05, 3.63) is 0 Å². The third kappa shape index (κ3) is 3.39. The Morgan fingerprint density at radius 2 is 1.53 bits per heavy atom. The van der Waals surface area contributed by atoms with Crippen molar-refractivity contribution in [3.63, 3.8) is 0 Å². The van der Waals surface area contributed by atoms with Gasteiger partial charge >= 0.3 is 0 Å². The molecule has 1 saturated heterocycles. The third-order valence-electron chi connectivity index (χ3n) is 2.64. The van der Waals surface area contributed by atoms with E-state index >= 15 is 0 Å². The van der Waals surface area contributed by atoms with E-state index in [4.69, 9.17) is 4.74 Å². The fourth-order valence-electron chi connectivity index (χ4n) is 1.89. The SMILES string of the molecule is CC(=O)N[C@@H]1[C@H](O)[C@H](NC(C)=O)C(O)O[C@H]1C. The smallest absolute Gasteiger partial charge is 0.217 e.